The number of hydrogen-bond donors (Lipinski definition) is 3. The SMILES string of the molecule is CNC(S)(CO)C(C)=O. The summed E-state index contributed by atoms with van der Waals surface area (Å²) in [6, 6.07) is 0. The van der Waals surface area contributed by atoms with Crippen molar-refractivity contribution < 1.29 is 9.90 Å². The molecule has 0 saturated heterocycles. The first kappa shape index (κ1) is 8.94. The van der Waals surface area contributed by atoms with Gasteiger partial charge in [-0.05, 0) is 14.0 Å². The number of carbonyl (C=O) groups excluding carboxylic acids is 1. The first-order valence-electron chi connectivity index (χ1n) is 2.60. The van der Waals surface area contributed by atoms with Gasteiger partial charge in [0, 0.05) is 0 Å². The molecule has 3 nitrogen and oxygen atoms in total. The molecule has 0 aromatic carbocycles. The average Bonchev–Trinajstić information content (AvgIpc) is 1.86. The lowest BCUT2D eigenvalue weighted by molar-refractivity contribution is -0.120. The van der Waals surface area contributed by atoms with Gasteiger partial charge in [-0.1, -0.05) is 0 Å². The maximum atomic E-state index is 10.6. The van der Waals surface area contributed by atoms with Crippen LogP contribution in [0.4, 0.5) is 0 Å². The van der Waals surface area contributed by atoms with Crippen LogP contribution < -0.4 is 5.32 Å². The Hall–Kier alpha value is -0.0600. The van der Waals surface area contributed by atoms with E-state index in [1.807, 2.05) is 0 Å². The Kier molecular flexibility index (Phi) is 3.17. The van der Waals surface area contributed by atoms with E-state index in [1.165, 1.54) is 6.92 Å². The van der Waals surface area contributed by atoms with Crippen LogP contribution in [-0.4, -0.2) is 29.4 Å². The molecular weight excluding hydrogens is 138 g/mol. The third kappa shape index (κ3) is 1.97. The first-order chi connectivity index (χ1) is 4.06. The van der Waals surface area contributed by atoms with E-state index in [0.29, 0.717) is 0 Å². The summed E-state index contributed by atoms with van der Waals surface area (Å²) in [7, 11) is 1.57. The molecule has 4 heteroatoms. The molecule has 0 aromatic rings. The zero-order valence-electron chi connectivity index (χ0n) is 5.51. The van der Waals surface area contributed by atoms with Crippen LogP contribution in [0.1, 0.15) is 6.92 Å². The second-order valence-electron chi connectivity index (χ2n) is 1.82. The molecule has 0 bridgehead atoms. The van der Waals surface area contributed by atoms with Crippen molar-refractivity contribution in [2.24, 2.45) is 0 Å². The predicted molar refractivity (Wildman–Crippen MR) is 38.5 cm³/mol. The van der Waals surface area contributed by atoms with Crippen LogP contribution in [-0.2, 0) is 4.79 Å². The average molecular weight is 149 g/mol. The zero-order valence-corrected chi connectivity index (χ0v) is 6.40. The van der Waals surface area contributed by atoms with Crippen LogP contribution >= 0.6 is 12.6 Å². The Balaban J connectivity index is 4.09. The third-order valence-electron chi connectivity index (χ3n) is 1.22. The maximum Gasteiger partial charge on any atom is 0.162 e. The van der Waals surface area contributed by atoms with Gasteiger partial charge in [0.1, 0.15) is 4.87 Å². The summed E-state index contributed by atoms with van der Waals surface area (Å²) in [5.41, 5.74) is 0. The lowest BCUT2D eigenvalue weighted by Crippen LogP contribution is -2.47. The Bertz CT molecular complexity index is 112. The molecule has 0 aromatic heterocycles. The van der Waals surface area contributed by atoms with E-state index < -0.39 is 4.87 Å². The van der Waals surface area contributed by atoms with Crippen LogP contribution in [0.15, 0.2) is 0 Å². The quantitative estimate of drug-likeness (QED) is 0.371. The highest BCUT2D eigenvalue weighted by Crippen LogP contribution is 2.08. The number of hydrogen-bond acceptors (Lipinski definition) is 4. The molecule has 9 heavy (non-hydrogen) atoms. The second-order valence-corrected chi connectivity index (χ2v) is 2.59. The molecule has 0 amide bonds. The molecule has 0 radical (unpaired) electrons. The van der Waals surface area contributed by atoms with Gasteiger partial charge in [-0.25, -0.2) is 0 Å². The van der Waals surface area contributed by atoms with Gasteiger partial charge in [0.05, 0.1) is 6.61 Å². The lowest BCUT2D eigenvalue weighted by atomic mass is 10.2. The van der Waals surface area contributed by atoms with Crippen molar-refractivity contribution in [3.05, 3.63) is 0 Å². The maximum absolute atomic E-state index is 10.6. The Labute approximate surface area is 59.9 Å². The Morgan fingerprint density at radius 3 is 2.33 bits per heavy atom. The number of nitrogens with one attached hydrogen (secondary N) is 1. The largest absolute Gasteiger partial charge is 0.393 e. The van der Waals surface area contributed by atoms with Gasteiger partial charge >= 0.3 is 0 Å². The van der Waals surface area contributed by atoms with Gasteiger partial charge in [0.25, 0.3) is 0 Å². The van der Waals surface area contributed by atoms with E-state index in [0.717, 1.165) is 0 Å². The predicted octanol–water partition coefficient (Wildman–Crippen LogP) is -0.587. The number of thiol groups is 1. The fourth-order valence-electron chi connectivity index (χ4n) is 0.366. The molecule has 1 atom stereocenters. The van der Waals surface area contributed by atoms with Crippen molar-refractivity contribution in [1.29, 1.82) is 0 Å². The van der Waals surface area contributed by atoms with Gasteiger partial charge in [-0.3, -0.25) is 10.1 Å². The molecule has 2 N–H and O–H groups in total. The number of aliphatic hydroxyl groups is 1. The normalized spacial score (nSPS) is 16.9. The van der Waals surface area contributed by atoms with Crippen LogP contribution in [0.3, 0.4) is 0 Å². The van der Waals surface area contributed by atoms with E-state index in [9.17, 15) is 4.79 Å². The van der Waals surface area contributed by atoms with Crippen LogP contribution in [0, 0.1) is 0 Å². The summed E-state index contributed by atoms with van der Waals surface area (Å²) in [5, 5.41) is 11.2. The molecular formula is C5H11NO2S. The smallest absolute Gasteiger partial charge is 0.162 e. The summed E-state index contributed by atoms with van der Waals surface area (Å²) < 4.78 is 0. The van der Waals surface area contributed by atoms with E-state index in [1.54, 1.807) is 7.05 Å². The summed E-state index contributed by atoms with van der Waals surface area (Å²) in [6.45, 7) is 1.08. The summed E-state index contributed by atoms with van der Waals surface area (Å²) >= 11 is 3.90. The molecule has 1 unspecified atom stereocenters. The number of likely N-dealkylation sites (N-methyl/N-ethyl adjacent to an activating group) is 1. The highest BCUT2D eigenvalue weighted by atomic mass is 32.1. The zero-order chi connectivity index (χ0) is 7.49. The second kappa shape index (κ2) is 3.20. The van der Waals surface area contributed by atoms with Crippen LogP contribution in [0.5, 0.6) is 0 Å². The third-order valence-corrected chi connectivity index (χ3v) is 1.90. The number of rotatable bonds is 3. The number of ketones is 1. The van der Waals surface area contributed by atoms with Crippen molar-refractivity contribution in [1.82, 2.24) is 5.32 Å². The van der Waals surface area contributed by atoms with E-state index >= 15 is 0 Å². The molecule has 0 spiro atoms. The van der Waals surface area contributed by atoms with Gasteiger partial charge in [0.15, 0.2) is 5.78 Å². The molecule has 0 heterocycles. The van der Waals surface area contributed by atoms with E-state index in [-0.39, 0.29) is 12.4 Å². The Morgan fingerprint density at radius 1 is 1.89 bits per heavy atom. The summed E-state index contributed by atoms with van der Waals surface area (Å²) in [5.74, 6) is -0.184. The number of aliphatic hydroxyl groups excluding tert-OH is 1. The van der Waals surface area contributed by atoms with Crippen molar-refractivity contribution >= 4 is 18.4 Å². The van der Waals surface area contributed by atoms with Crippen LogP contribution in [0.2, 0.25) is 0 Å². The van der Waals surface area contributed by atoms with Crippen molar-refractivity contribution in [2.45, 2.75) is 11.8 Å². The summed E-state index contributed by atoms with van der Waals surface area (Å²) in [4.78, 5) is 9.57. The highest BCUT2D eigenvalue weighted by molar-refractivity contribution is 7.82. The molecule has 0 rings (SSSR count). The number of Topliss-reactive ketones (excluding diaryl/α,β-unsaturated/α-hetero) is 1. The lowest BCUT2D eigenvalue weighted by Gasteiger charge is -2.21. The molecule has 0 aliphatic rings. The Morgan fingerprint density at radius 2 is 2.33 bits per heavy atom. The van der Waals surface area contributed by atoms with E-state index in [2.05, 4.69) is 17.9 Å². The molecule has 0 aliphatic heterocycles. The summed E-state index contributed by atoms with van der Waals surface area (Å²) in [6.07, 6.45) is 0. The van der Waals surface area contributed by atoms with Gasteiger partial charge < -0.3 is 5.11 Å². The minimum atomic E-state index is -1.06. The van der Waals surface area contributed by atoms with Gasteiger partial charge in [-0.15, -0.1) is 12.6 Å². The number of carbonyl (C=O) groups is 1. The van der Waals surface area contributed by atoms with Crippen LogP contribution in [0.25, 0.3) is 0 Å². The van der Waals surface area contributed by atoms with Crippen molar-refractivity contribution in [3.8, 4) is 0 Å². The molecule has 0 saturated carbocycles. The van der Waals surface area contributed by atoms with E-state index in [4.69, 9.17) is 5.11 Å². The van der Waals surface area contributed by atoms with Crippen molar-refractivity contribution in [3.63, 3.8) is 0 Å². The minimum absolute atomic E-state index is 0.184. The fraction of sp³-hybridized carbons (Fsp3) is 0.800. The standard InChI is InChI=1S/C5H11NO2S/c1-4(8)5(9,3-7)6-2/h6-7,9H,3H2,1-2H3. The minimum Gasteiger partial charge on any atom is -0.393 e. The topological polar surface area (TPSA) is 49.3 Å². The van der Waals surface area contributed by atoms with Gasteiger partial charge in [0.2, 0.25) is 0 Å². The van der Waals surface area contributed by atoms with Crippen molar-refractivity contribution in [2.75, 3.05) is 13.7 Å². The molecule has 54 valence electrons. The monoisotopic (exact) mass is 149 g/mol. The molecule has 0 aliphatic carbocycles. The van der Waals surface area contributed by atoms with Gasteiger partial charge in [-0.2, -0.15) is 0 Å². The first-order valence-corrected chi connectivity index (χ1v) is 3.04. The highest BCUT2D eigenvalue weighted by Gasteiger charge is 2.27. The fourth-order valence-corrected chi connectivity index (χ4v) is 0.366. The molecule has 0 fully saturated rings.